The standard InChI is InChI=1S/C23H39N5O9.Gd/c29-19(28(17-23(36)37)18-3-1-2-4-18)13-24-5-7-25(14-20(30)31)9-11-27(16-22(34)35)12-10-26(8-6-24)15-21(32)33;/h18H,1-17H2,(H,30,31)(H,32,33)(H,34,35)(H,36,37);/q;+3/p-2. The molecule has 0 unspecified atom stereocenters. The van der Waals surface area contributed by atoms with Crippen LogP contribution in [0, 0.1) is 39.9 Å². The molecule has 0 atom stereocenters. The van der Waals surface area contributed by atoms with E-state index in [-0.39, 0.29) is 130 Å². The zero-order valence-corrected chi connectivity index (χ0v) is 23.7. The summed E-state index contributed by atoms with van der Waals surface area (Å²) in [6, 6.07) is -0.135. The van der Waals surface area contributed by atoms with E-state index in [1.54, 1.807) is 19.6 Å². The van der Waals surface area contributed by atoms with Gasteiger partial charge in [-0.25, -0.2) is 0 Å². The maximum Gasteiger partial charge on any atom is 3.00 e. The van der Waals surface area contributed by atoms with Crippen LogP contribution in [0.15, 0.2) is 0 Å². The molecule has 0 aromatic carbocycles. The summed E-state index contributed by atoms with van der Waals surface area (Å²) in [6.07, 6.45) is 3.34. The summed E-state index contributed by atoms with van der Waals surface area (Å²) in [5, 5.41) is 41.1. The molecular weight excluding hydrogens is 648 g/mol. The molecule has 0 bridgehead atoms. The van der Waals surface area contributed by atoms with Crippen molar-refractivity contribution in [1.82, 2.24) is 24.5 Å². The minimum atomic E-state index is -1.29. The predicted molar refractivity (Wildman–Crippen MR) is 125 cm³/mol. The molecule has 2 rings (SSSR count). The summed E-state index contributed by atoms with van der Waals surface area (Å²) in [5.41, 5.74) is 0. The average Bonchev–Trinajstić information content (AvgIpc) is 3.32. The largest absolute Gasteiger partial charge is 3.00 e. The van der Waals surface area contributed by atoms with Crippen LogP contribution in [0.25, 0.3) is 0 Å². The number of amides is 1. The van der Waals surface area contributed by atoms with Gasteiger partial charge in [0.25, 0.3) is 0 Å². The molecule has 1 amide bonds. The number of carbonyl (C=O) groups is 5. The normalized spacial score (nSPS) is 19.6. The Labute approximate surface area is 254 Å². The van der Waals surface area contributed by atoms with Crippen molar-refractivity contribution in [3.63, 3.8) is 0 Å². The predicted octanol–water partition coefficient (Wildman–Crippen LogP) is -4.35. The van der Waals surface area contributed by atoms with Gasteiger partial charge < -0.3 is 34.9 Å². The van der Waals surface area contributed by atoms with Crippen molar-refractivity contribution in [2.75, 3.05) is 85.1 Å². The van der Waals surface area contributed by atoms with Crippen molar-refractivity contribution < 1.29 is 84.3 Å². The fraction of sp³-hybridized carbons (Fsp3) is 0.783. The summed E-state index contributed by atoms with van der Waals surface area (Å²) < 4.78 is 0. The first kappa shape index (κ1) is 34.5. The molecule has 2 aliphatic rings. The van der Waals surface area contributed by atoms with Gasteiger partial charge in [0, 0.05) is 71.5 Å². The van der Waals surface area contributed by atoms with Gasteiger partial charge in [-0.3, -0.25) is 34.0 Å². The molecular formula is C23H37GdN5O9+. The van der Waals surface area contributed by atoms with Crippen LogP contribution in [0.4, 0.5) is 0 Å². The number of rotatable bonds is 11. The second kappa shape index (κ2) is 18.0. The minimum absolute atomic E-state index is 0. The number of carboxylic acid groups (broad SMARTS) is 4. The van der Waals surface area contributed by atoms with Crippen LogP contribution in [0.3, 0.4) is 0 Å². The van der Waals surface area contributed by atoms with Crippen molar-refractivity contribution in [1.29, 1.82) is 0 Å². The fourth-order valence-corrected chi connectivity index (χ4v) is 4.83. The molecule has 1 aliphatic heterocycles. The van der Waals surface area contributed by atoms with E-state index in [9.17, 15) is 44.4 Å². The molecule has 0 aromatic heterocycles. The van der Waals surface area contributed by atoms with Gasteiger partial charge >= 0.3 is 51.9 Å². The zero-order chi connectivity index (χ0) is 27.4. The van der Waals surface area contributed by atoms with Crippen LogP contribution in [-0.2, 0) is 24.0 Å². The molecule has 0 spiro atoms. The van der Waals surface area contributed by atoms with E-state index in [0.29, 0.717) is 0 Å². The first-order valence-electron chi connectivity index (χ1n) is 12.6. The van der Waals surface area contributed by atoms with Gasteiger partial charge in [0.1, 0.15) is 6.54 Å². The Morgan fingerprint density at radius 1 is 0.632 bits per heavy atom. The molecule has 1 saturated carbocycles. The summed E-state index contributed by atoms with van der Waals surface area (Å²) in [4.78, 5) is 66.5. The van der Waals surface area contributed by atoms with Crippen molar-refractivity contribution in [2.45, 2.75) is 31.7 Å². The Bertz CT molecular complexity index is 780. The van der Waals surface area contributed by atoms with E-state index >= 15 is 0 Å². The molecule has 215 valence electrons. The molecule has 2 fully saturated rings. The summed E-state index contributed by atoms with van der Waals surface area (Å²) >= 11 is 0. The maximum atomic E-state index is 13.2. The van der Waals surface area contributed by atoms with Crippen LogP contribution in [-0.4, -0.2) is 156 Å². The smallest absolute Gasteiger partial charge is 0.549 e. The molecule has 1 radical (unpaired) electrons. The van der Waals surface area contributed by atoms with Gasteiger partial charge in [-0.15, -0.1) is 0 Å². The minimum Gasteiger partial charge on any atom is -0.549 e. The van der Waals surface area contributed by atoms with Crippen LogP contribution in [0.5, 0.6) is 0 Å². The first-order valence-corrected chi connectivity index (χ1v) is 12.6. The van der Waals surface area contributed by atoms with E-state index in [4.69, 9.17) is 0 Å². The van der Waals surface area contributed by atoms with Crippen LogP contribution < -0.4 is 10.2 Å². The number of hydrogen-bond donors (Lipinski definition) is 2. The fourth-order valence-electron chi connectivity index (χ4n) is 4.83. The van der Waals surface area contributed by atoms with Gasteiger partial charge in [0.05, 0.1) is 25.0 Å². The topological polar surface area (TPSA) is 188 Å². The second-order valence-electron chi connectivity index (χ2n) is 9.60. The number of carbonyl (C=O) groups excluding carboxylic acids is 3. The van der Waals surface area contributed by atoms with Crippen LogP contribution >= 0.6 is 0 Å². The molecule has 1 saturated heterocycles. The van der Waals surface area contributed by atoms with Crippen molar-refractivity contribution in [2.24, 2.45) is 0 Å². The maximum absolute atomic E-state index is 13.2. The number of carboxylic acids is 4. The monoisotopic (exact) mass is 685 g/mol. The molecule has 14 nitrogen and oxygen atoms in total. The SMILES string of the molecule is O=C([O-])CN1CCN(CC(=O)[O-])CCN(CC(=O)N(CC(=O)O)C2CCCC2)CCN(CC(=O)O)CC1.[Gd+3]. The number of aliphatic carboxylic acids is 4. The van der Waals surface area contributed by atoms with E-state index < -0.39 is 30.4 Å². The molecule has 38 heavy (non-hydrogen) atoms. The van der Waals surface area contributed by atoms with E-state index in [1.807, 2.05) is 0 Å². The van der Waals surface area contributed by atoms with Gasteiger partial charge in [0.2, 0.25) is 5.91 Å². The van der Waals surface area contributed by atoms with Crippen molar-refractivity contribution in [3.05, 3.63) is 0 Å². The van der Waals surface area contributed by atoms with E-state index in [2.05, 4.69) is 0 Å². The molecule has 2 N–H and O–H groups in total. The summed E-state index contributed by atoms with van der Waals surface area (Å²) in [7, 11) is 0. The Morgan fingerprint density at radius 2 is 1.00 bits per heavy atom. The third-order valence-electron chi connectivity index (χ3n) is 6.74. The molecule has 1 heterocycles. The third kappa shape index (κ3) is 13.5. The molecule has 1 aliphatic carbocycles. The third-order valence-corrected chi connectivity index (χ3v) is 6.74. The summed E-state index contributed by atoms with van der Waals surface area (Å²) in [6.45, 7) is 0.464. The first-order chi connectivity index (χ1) is 17.5. The van der Waals surface area contributed by atoms with E-state index in [0.717, 1.165) is 25.7 Å². The average molecular weight is 685 g/mol. The Morgan fingerprint density at radius 3 is 1.34 bits per heavy atom. The van der Waals surface area contributed by atoms with Crippen LogP contribution in [0.2, 0.25) is 0 Å². The van der Waals surface area contributed by atoms with Crippen LogP contribution in [0.1, 0.15) is 25.7 Å². The molecule has 15 heteroatoms. The van der Waals surface area contributed by atoms with E-state index in [1.165, 1.54) is 4.90 Å². The number of nitrogens with zero attached hydrogens (tertiary/aromatic N) is 5. The quantitative estimate of drug-likeness (QED) is 0.213. The number of hydrogen-bond acceptors (Lipinski definition) is 11. The Balaban J connectivity index is 0.00000722. The van der Waals surface area contributed by atoms with Crippen molar-refractivity contribution in [3.8, 4) is 0 Å². The van der Waals surface area contributed by atoms with Gasteiger partial charge in [-0.1, -0.05) is 12.8 Å². The van der Waals surface area contributed by atoms with Gasteiger partial charge in [-0.2, -0.15) is 0 Å². The Kier molecular flexibility index (Phi) is 16.3. The van der Waals surface area contributed by atoms with Gasteiger partial charge in [-0.05, 0) is 12.8 Å². The zero-order valence-electron chi connectivity index (χ0n) is 21.4. The second-order valence-corrected chi connectivity index (χ2v) is 9.60. The Hall–Kier alpha value is -1.49. The van der Waals surface area contributed by atoms with Crippen molar-refractivity contribution >= 4 is 29.8 Å². The summed E-state index contributed by atoms with van der Waals surface area (Å²) in [5.74, 6) is -5.06. The van der Waals surface area contributed by atoms with Gasteiger partial charge in [0.15, 0.2) is 0 Å². The molecule has 0 aromatic rings.